The van der Waals surface area contributed by atoms with E-state index in [1.165, 1.54) is 20.3 Å². The molecule has 1 saturated heterocycles. The van der Waals surface area contributed by atoms with Crippen LogP contribution in [0.5, 0.6) is 0 Å². The van der Waals surface area contributed by atoms with Crippen LogP contribution in [0.1, 0.15) is 49.0 Å². The highest BCUT2D eigenvalue weighted by molar-refractivity contribution is 5.99. The second-order valence-electron chi connectivity index (χ2n) is 10.4. The Kier molecular flexibility index (Phi) is 10.9. The van der Waals surface area contributed by atoms with Gasteiger partial charge in [-0.2, -0.15) is 0 Å². The molecule has 12 nitrogen and oxygen atoms in total. The van der Waals surface area contributed by atoms with Gasteiger partial charge in [0.2, 0.25) is 11.8 Å². The second kappa shape index (κ2) is 14.1. The van der Waals surface area contributed by atoms with E-state index in [1.807, 2.05) is 44.2 Å². The number of nitrogens with zero attached hydrogens (tertiary/aromatic N) is 1. The van der Waals surface area contributed by atoms with Crippen molar-refractivity contribution in [3.63, 3.8) is 0 Å². The van der Waals surface area contributed by atoms with Gasteiger partial charge < -0.3 is 34.7 Å². The Labute approximate surface area is 233 Å². The van der Waals surface area contributed by atoms with Crippen molar-refractivity contribution in [2.24, 2.45) is 5.92 Å². The zero-order chi connectivity index (χ0) is 29.3. The second-order valence-corrected chi connectivity index (χ2v) is 10.4. The lowest BCUT2D eigenvalue weighted by Crippen LogP contribution is -2.58. The smallest absolute Gasteiger partial charge is 0.274 e. The predicted octanol–water partition coefficient (Wildman–Crippen LogP) is 1.18. The molecule has 2 aromatic rings. The highest BCUT2D eigenvalue weighted by Gasteiger charge is 2.50. The standard InChI is InChI=1S/C28H38N4O8/c1-17(2)11-20(24(33)28(3)16-39-28)29-25(34)21(12-18-9-7-6-8-10-18)30-27(36)23(15-38-5)31-26(35)22-13-19(14-37-4)40-32-22/h6-10,13,17,20-21,23H,11-12,14-16H2,1-5H3,(H,29,34)(H,30,36)(H,31,35)/t20-,21-,23-,28?/m0/s1. The minimum absolute atomic E-state index is 0.0367. The molecular weight excluding hydrogens is 520 g/mol. The third-order valence-corrected chi connectivity index (χ3v) is 6.39. The molecule has 40 heavy (non-hydrogen) atoms. The number of benzene rings is 1. The van der Waals surface area contributed by atoms with Crippen molar-refractivity contribution in [1.82, 2.24) is 21.1 Å². The van der Waals surface area contributed by atoms with Crippen LogP contribution in [0.2, 0.25) is 0 Å². The Bertz CT molecular complexity index is 1160. The summed E-state index contributed by atoms with van der Waals surface area (Å²) in [5, 5.41) is 11.8. The van der Waals surface area contributed by atoms with Gasteiger partial charge in [0, 0.05) is 26.7 Å². The number of epoxide rings is 1. The van der Waals surface area contributed by atoms with Gasteiger partial charge in [0.05, 0.1) is 19.3 Å². The third-order valence-electron chi connectivity index (χ3n) is 6.39. The number of hydrogen-bond acceptors (Lipinski definition) is 9. The fourth-order valence-corrected chi connectivity index (χ4v) is 4.14. The lowest BCUT2D eigenvalue weighted by molar-refractivity contribution is -0.133. The molecule has 1 aromatic heterocycles. The predicted molar refractivity (Wildman–Crippen MR) is 143 cm³/mol. The molecular formula is C28H38N4O8. The number of methoxy groups -OCH3 is 2. The summed E-state index contributed by atoms with van der Waals surface area (Å²) in [7, 11) is 2.86. The molecule has 0 spiro atoms. The van der Waals surface area contributed by atoms with Gasteiger partial charge in [-0.25, -0.2) is 0 Å². The number of amides is 3. The average Bonchev–Trinajstić information content (AvgIpc) is 3.49. The topological polar surface area (TPSA) is 161 Å². The molecule has 12 heteroatoms. The molecule has 0 saturated carbocycles. The first kappa shape index (κ1) is 30.9. The van der Waals surface area contributed by atoms with E-state index in [9.17, 15) is 19.2 Å². The molecule has 1 aliphatic heterocycles. The number of hydrogen-bond donors (Lipinski definition) is 3. The number of carbonyl (C=O) groups excluding carboxylic acids is 4. The third kappa shape index (κ3) is 8.70. The number of nitrogens with one attached hydrogen (secondary N) is 3. The van der Waals surface area contributed by atoms with E-state index in [0.717, 1.165) is 5.56 Å². The van der Waals surface area contributed by atoms with Crippen LogP contribution in [0.25, 0.3) is 0 Å². The quantitative estimate of drug-likeness (QED) is 0.257. The van der Waals surface area contributed by atoms with Crippen LogP contribution in [-0.4, -0.2) is 79.8 Å². The average molecular weight is 559 g/mol. The minimum atomic E-state index is -1.14. The molecule has 3 amide bonds. The van der Waals surface area contributed by atoms with Crippen LogP contribution in [-0.2, 0) is 41.6 Å². The van der Waals surface area contributed by atoms with E-state index < -0.39 is 41.4 Å². The van der Waals surface area contributed by atoms with E-state index >= 15 is 0 Å². The Morgan fingerprint density at radius 2 is 1.62 bits per heavy atom. The zero-order valence-corrected chi connectivity index (χ0v) is 23.5. The minimum Gasteiger partial charge on any atom is -0.382 e. The number of ketones is 1. The molecule has 4 atom stereocenters. The summed E-state index contributed by atoms with van der Waals surface area (Å²) in [6.45, 7) is 5.88. The van der Waals surface area contributed by atoms with Crippen LogP contribution in [0.3, 0.4) is 0 Å². The Morgan fingerprint density at radius 1 is 0.975 bits per heavy atom. The van der Waals surface area contributed by atoms with E-state index in [1.54, 1.807) is 6.92 Å². The van der Waals surface area contributed by atoms with E-state index in [4.69, 9.17) is 18.7 Å². The summed E-state index contributed by atoms with van der Waals surface area (Å²) in [5.41, 5.74) is -0.151. The molecule has 3 N–H and O–H groups in total. The lowest BCUT2D eigenvalue weighted by Gasteiger charge is -2.26. The van der Waals surface area contributed by atoms with Crippen LogP contribution in [0, 0.1) is 5.92 Å². The van der Waals surface area contributed by atoms with Gasteiger partial charge in [0.25, 0.3) is 5.91 Å². The van der Waals surface area contributed by atoms with Crippen molar-refractivity contribution in [2.75, 3.05) is 27.4 Å². The first-order valence-corrected chi connectivity index (χ1v) is 13.1. The normalized spacial score (nSPS) is 18.4. The fraction of sp³-hybridized carbons (Fsp3) is 0.536. The summed E-state index contributed by atoms with van der Waals surface area (Å²) >= 11 is 0. The van der Waals surface area contributed by atoms with Gasteiger partial charge in [0.15, 0.2) is 17.2 Å². The lowest BCUT2D eigenvalue weighted by atomic mass is 9.93. The molecule has 2 heterocycles. The largest absolute Gasteiger partial charge is 0.382 e. The maximum Gasteiger partial charge on any atom is 0.274 e. The molecule has 0 aliphatic carbocycles. The zero-order valence-electron chi connectivity index (χ0n) is 23.5. The molecule has 1 aliphatic rings. The summed E-state index contributed by atoms with van der Waals surface area (Å²) in [4.78, 5) is 52.7. The highest BCUT2D eigenvalue weighted by Crippen LogP contribution is 2.29. The van der Waals surface area contributed by atoms with Gasteiger partial charge in [-0.05, 0) is 24.8 Å². The van der Waals surface area contributed by atoms with Crippen LogP contribution < -0.4 is 16.0 Å². The monoisotopic (exact) mass is 558 g/mol. The summed E-state index contributed by atoms with van der Waals surface area (Å²) in [6, 6.07) is 7.60. The van der Waals surface area contributed by atoms with E-state index in [2.05, 4.69) is 21.1 Å². The van der Waals surface area contributed by atoms with Crippen molar-refractivity contribution >= 4 is 23.5 Å². The maximum atomic E-state index is 13.5. The molecule has 1 aromatic carbocycles. The Hall–Kier alpha value is -3.61. The molecule has 1 fully saturated rings. The van der Waals surface area contributed by atoms with Crippen molar-refractivity contribution in [3.05, 3.63) is 53.4 Å². The summed E-state index contributed by atoms with van der Waals surface area (Å²) in [5.74, 6) is -1.56. The Morgan fingerprint density at radius 3 is 2.23 bits per heavy atom. The molecule has 1 unspecified atom stereocenters. The highest BCUT2D eigenvalue weighted by atomic mass is 16.6. The van der Waals surface area contributed by atoms with E-state index in [0.29, 0.717) is 18.8 Å². The molecule has 218 valence electrons. The molecule has 0 bridgehead atoms. The van der Waals surface area contributed by atoms with Crippen LogP contribution in [0.4, 0.5) is 0 Å². The summed E-state index contributed by atoms with van der Waals surface area (Å²) < 4.78 is 20.5. The van der Waals surface area contributed by atoms with Crippen molar-refractivity contribution in [3.8, 4) is 0 Å². The maximum absolute atomic E-state index is 13.5. The number of carbonyl (C=O) groups is 4. The van der Waals surface area contributed by atoms with Gasteiger partial charge in [-0.15, -0.1) is 0 Å². The summed E-state index contributed by atoms with van der Waals surface area (Å²) in [6.07, 6.45) is 0.576. The SMILES string of the molecule is COCc1cc(C(=O)N[C@@H](COC)C(=O)N[C@@H](Cc2ccccc2)C(=O)N[C@@H](CC(C)C)C(=O)C2(C)CO2)no1. The van der Waals surface area contributed by atoms with Gasteiger partial charge >= 0.3 is 0 Å². The Balaban J connectivity index is 1.77. The molecule has 0 radical (unpaired) electrons. The number of Topliss-reactive ketones (excluding diaryl/α,β-unsaturated/α-hetero) is 1. The van der Waals surface area contributed by atoms with Gasteiger partial charge in [0.1, 0.15) is 24.3 Å². The van der Waals surface area contributed by atoms with Crippen LogP contribution in [0.15, 0.2) is 40.9 Å². The van der Waals surface area contributed by atoms with Crippen molar-refractivity contribution < 1.29 is 37.9 Å². The van der Waals surface area contributed by atoms with Crippen molar-refractivity contribution in [2.45, 2.75) is 63.9 Å². The fourth-order valence-electron chi connectivity index (χ4n) is 4.14. The van der Waals surface area contributed by atoms with Gasteiger partial charge in [-0.3, -0.25) is 19.2 Å². The van der Waals surface area contributed by atoms with Crippen molar-refractivity contribution in [1.29, 1.82) is 0 Å². The van der Waals surface area contributed by atoms with E-state index in [-0.39, 0.29) is 37.0 Å². The first-order valence-electron chi connectivity index (χ1n) is 13.1. The number of aromatic nitrogens is 1. The van der Waals surface area contributed by atoms with Gasteiger partial charge in [-0.1, -0.05) is 49.3 Å². The molecule has 3 rings (SSSR count). The number of ether oxygens (including phenoxy) is 3. The van der Waals surface area contributed by atoms with Crippen LogP contribution >= 0.6 is 0 Å². The number of rotatable bonds is 16. The first-order chi connectivity index (χ1) is 19.1.